The van der Waals surface area contributed by atoms with Crippen molar-refractivity contribution in [3.63, 3.8) is 0 Å². The van der Waals surface area contributed by atoms with Gasteiger partial charge in [-0.3, -0.25) is 14.6 Å². The lowest BCUT2D eigenvalue weighted by Crippen LogP contribution is -2.10. The lowest BCUT2D eigenvalue weighted by molar-refractivity contribution is 0.0891. The molecule has 0 bridgehead atoms. The molecule has 0 aliphatic rings. The van der Waals surface area contributed by atoms with Gasteiger partial charge in [-0.15, -0.1) is 0 Å². The fourth-order valence-corrected chi connectivity index (χ4v) is 1.78. The summed E-state index contributed by atoms with van der Waals surface area (Å²) in [5, 5.41) is 0. The Morgan fingerprint density at radius 2 is 2.00 bits per heavy atom. The number of hydrogen-bond acceptors (Lipinski definition) is 4. The number of aryl methyl sites for hydroxylation is 2. The van der Waals surface area contributed by atoms with E-state index in [0.717, 1.165) is 12.3 Å². The summed E-state index contributed by atoms with van der Waals surface area (Å²) in [7, 11) is 0. The topological polar surface area (TPSA) is 60.2 Å². The number of halogens is 1. The SMILES string of the molecule is Cc1cc(C(=O)CC(=O)c2ccc(F)cn2)c(C)o1. The van der Waals surface area contributed by atoms with Crippen molar-refractivity contribution in [3.05, 3.63) is 53.0 Å². The Labute approximate surface area is 109 Å². The molecule has 0 aromatic carbocycles. The van der Waals surface area contributed by atoms with Crippen molar-refractivity contribution < 1.29 is 18.4 Å². The van der Waals surface area contributed by atoms with Crippen molar-refractivity contribution in [2.75, 3.05) is 0 Å². The number of nitrogens with zero attached hydrogens (tertiary/aromatic N) is 1. The highest BCUT2D eigenvalue weighted by Crippen LogP contribution is 2.16. The lowest BCUT2D eigenvalue weighted by atomic mass is 10.0. The maximum Gasteiger partial charge on any atom is 0.188 e. The van der Waals surface area contributed by atoms with Crippen LogP contribution in [0.1, 0.15) is 38.8 Å². The maximum atomic E-state index is 12.7. The zero-order chi connectivity index (χ0) is 14.0. The Morgan fingerprint density at radius 3 is 2.53 bits per heavy atom. The van der Waals surface area contributed by atoms with Gasteiger partial charge in [-0.1, -0.05) is 0 Å². The van der Waals surface area contributed by atoms with Crippen LogP contribution >= 0.6 is 0 Å². The number of carbonyl (C=O) groups is 2. The first-order valence-electron chi connectivity index (χ1n) is 5.72. The number of aromatic nitrogens is 1. The largest absolute Gasteiger partial charge is 0.466 e. The minimum absolute atomic E-state index is 0.0765. The summed E-state index contributed by atoms with van der Waals surface area (Å²) in [5.41, 5.74) is 0.473. The minimum atomic E-state index is -0.524. The van der Waals surface area contributed by atoms with Crippen LogP contribution in [0.3, 0.4) is 0 Å². The third-order valence-corrected chi connectivity index (χ3v) is 2.68. The zero-order valence-corrected chi connectivity index (χ0v) is 10.6. The molecule has 5 heteroatoms. The molecule has 2 aromatic rings. The molecule has 0 fully saturated rings. The van der Waals surface area contributed by atoms with Crippen molar-refractivity contribution in [3.8, 4) is 0 Å². The molecule has 2 rings (SSSR count). The second-order valence-electron chi connectivity index (χ2n) is 4.21. The van der Waals surface area contributed by atoms with Crippen LogP contribution < -0.4 is 0 Å². The van der Waals surface area contributed by atoms with E-state index in [2.05, 4.69) is 4.98 Å². The Kier molecular flexibility index (Phi) is 3.55. The number of Topliss-reactive ketones (excluding diaryl/α,β-unsaturated/α-hetero) is 2. The molecular weight excluding hydrogens is 249 g/mol. The van der Waals surface area contributed by atoms with Crippen molar-refractivity contribution in [2.24, 2.45) is 0 Å². The predicted octanol–water partition coefficient (Wildman–Crippen LogP) is 2.89. The van der Waals surface area contributed by atoms with Crippen LogP contribution in [0.25, 0.3) is 0 Å². The van der Waals surface area contributed by atoms with E-state index in [1.807, 2.05) is 0 Å². The number of hydrogen-bond donors (Lipinski definition) is 0. The molecule has 0 aliphatic carbocycles. The summed E-state index contributed by atoms with van der Waals surface area (Å²) >= 11 is 0. The van der Waals surface area contributed by atoms with Crippen molar-refractivity contribution in [2.45, 2.75) is 20.3 Å². The van der Waals surface area contributed by atoms with Crippen LogP contribution in [0.2, 0.25) is 0 Å². The molecular formula is C14H12FNO3. The van der Waals surface area contributed by atoms with E-state index < -0.39 is 11.6 Å². The van der Waals surface area contributed by atoms with E-state index in [-0.39, 0.29) is 17.9 Å². The van der Waals surface area contributed by atoms with Gasteiger partial charge in [0.2, 0.25) is 0 Å². The molecule has 0 aliphatic heterocycles. The second kappa shape index (κ2) is 5.14. The monoisotopic (exact) mass is 261 g/mol. The molecule has 0 amide bonds. The molecule has 19 heavy (non-hydrogen) atoms. The fraction of sp³-hybridized carbons (Fsp3) is 0.214. The Balaban J connectivity index is 2.13. The van der Waals surface area contributed by atoms with E-state index in [4.69, 9.17) is 4.42 Å². The van der Waals surface area contributed by atoms with Crippen molar-refractivity contribution in [1.29, 1.82) is 0 Å². The van der Waals surface area contributed by atoms with Crippen molar-refractivity contribution in [1.82, 2.24) is 4.98 Å². The van der Waals surface area contributed by atoms with Crippen LogP contribution in [0, 0.1) is 19.7 Å². The third kappa shape index (κ3) is 2.93. The number of carbonyl (C=O) groups excluding carboxylic acids is 2. The molecule has 0 N–H and O–H groups in total. The molecule has 0 saturated carbocycles. The lowest BCUT2D eigenvalue weighted by Gasteiger charge is -1.99. The second-order valence-corrected chi connectivity index (χ2v) is 4.21. The van der Waals surface area contributed by atoms with E-state index in [1.54, 1.807) is 19.9 Å². The van der Waals surface area contributed by atoms with Crippen LogP contribution in [0.5, 0.6) is 0 Å². The van der Waals surface area contributed by atoms with Gasteiger partial charge < -0.3 is 4.42 Å². The third-order valence-electron chi connectivity index (χ3n) is 2.68. The molecule has 0 saturated heterocycles. The summed E-state index contributed by atoms with van der Waals surface area (Å²) in [5.74, 6) is -0.187. The highest BCUT2D eigenvalue weighted by atomic mass is 19.1. The Hall–Kier alpha value is -2.30. The molecule has 0 radical (unpaired) electrons. The number of rotatable bonds is 4. The highest BCUT2D eigenvalue weighted by Gasteiger charge is 2.18. The molecule has 0 atom stereocenters. The first kappa shape index (κ1) is 13.1. The van der Waals surface area contributed by atoms with Gasteiger partial charge in [0, 0.05) is 0 Å². The van der Waals surface area contributed by atoms with Gasteiger partial charge >= 0.3 is 0 Å². The van der Waals surface area contributed by atoms with Crippen LogP contribution in [-0.2, 0) is 0 Å². The first-order valence-corrected chi connectivity index (χ1v) is 5.72. The van der Waals surface area contributed by atoms with Gasteiger partial charge in [-0.25, -0.2) is 4.39 Å². The van der Waals surface area contributed by atoms with Crippen LogP contribution in [0.15, 0.2) is 28.8 Å². The Morgan fingerprint density at radius 1 is 1.26 bits per heavy atom. The highest BCUT2D eigenvalue weighted by molar-refractivity contribution is 6.13. The average molecular weight is 261 g/mol. The van der Waals surface area contributed by atoms with Crippen molar-refractivity contribution >= 4 is 11.6 Å². The smallest absolute Gasteiger partial charge is 0.188 e. The van der Waals surface area contributed by atoms with Gasteiger partial charge in [0.15, 0.2) is 11.6 Å². The van der Waals surface area contributed by atoms with Crippen LogP contribution in [0.4, 0.5) is 4.39 Å². The average Bonchev–Trinajstić information content (AvgIpc) is 2.69. The van der Waals surface area contributed by atoms with E-state index in [1.165, 1.54) is 6.07 Å². The van der Waals surface area contributed by atoms with Gasteiger partial charge in [-0.05, 0) is 32.0 Å². The number of pyridine rings is 1. The quantitative estimate of drug-likeness (QED) is 0.627. The summed E-state index contributed by atoms with van der Waals surface area (Å²) in [6, 6.07) is 4.00. The molecule has 2 heterocycles. The molecule has 0 unspecified atom stereocenters. The Bertz CT molecular complexity index is 629. The predicted molar refractivity (Wildman–Crippen MR) is 65.7 cm³/mol. The van der Waals surface area contributed by atoms with Gasteiger partial charge in [-0.2, -0.15) is 0 Å². The zero-order valence-electron chi connectivity index (χ0n) is 10.6. The van der Waals surface area contributed by atoms with Crippen LogP contribution in [-0.4, -0.2) is 16.6 Å². The fourth-order valence-electron chi connectivity index (χ4n) is 1.78. The standard InChI is InChI=1S/C14H12FNO3/c1-8-5-11(9(2)19-8)13(17)6-14(18)12-4-3-10(15)7-16-12/h3-5,7H,6H2,1-2H3. The molecule has 2 aromatic heterocycles. The number of ketones is 2. The summed E-state index contributed by atoms with van der Waals surface area (Å²) < 4.78 is 17.9. The van der Waals surface area contributed by atoms with E-state index in [9.17, 15) is 14.0 Å². The summed E-state index contributed by atoms with van der Waals surface area (Å²) in [4.78, 5) is 27.4. The molecule has 98 valence electrons. The van der Waals surface area contributed by atoms with Gasteiger partial charge in [0.25, 0.3) is 0 Å². The summed E-state index contributed by atoms with van der Waals surface area (Å²) in [6.45, 7) is 3.40. The summed E-state index contributed by atoms with van der Waals surface area (Å²) in [6.07, 6.45) is 0.642. The normalized spacial score (nSPS) is 10.5. The molecule has 0 spiro atoms. The minimum Gasteiger partial charge on any atom is -0.466 e. The molecule has 4 nitrogen and oxygen atoms in total. The maximum absolute atomic E-state index is 12.7. The number of furan rings is 1. The first-order chi connectivity index (χ1) is 8.97. The van der Waals surface area contributed by atoms with Gasteiger partial charge in [0.05, 0.1) is 18.2 Å². The van der Waals surface area contributed by atoms with E-state index >= 15 is 0 Å². The van der Waals surface area contributed by atoms with Gasteiger partial charge in [0.1, 0.15) is 23.0 Å². The van der Waals surface area contributed by atoms with E-state index in [0.29, 0.717) is 17.1 Å².